The second kappa shape index (κ2) is 5.80. The highest BCUT2D eigenvalue weighted by Gasteiger charge is 2.55. The first-order valence-electron chi connectivity index (χ1n) is 9.23. The number of para-hydroxylation sites is 1. The lowest BCUT2D eigenvalue weighted by Crippen LogP contribution is -2.42. The van der Waals surface area contributed by atoms with Crippen LogP contribution < -0.4 is 10.7 Å². The minimum absolute atomic E-state index is 0.0449. The molecule has 1 spiro atoms. The largest absolute Gasteiger partial charge is 0.419 e. The first kappa shape index (κ1) is 18.1. The molecule has 1 unspecified atom stereocenters. The van der Waals surface area contributed by atoms with Gasteiger partial charge in [-0.25, -0.2) is 13.2 Å². The van der Waals surface area contributed by atoms with E-state index in [1.54, 1.807) is 25.1 Å². The molecule has 1 atom stereocenters. The summed E-state index contributed by atoms with van der Waals surface area (Å²) >= 11 is 0. The van der Waals surface area contributed by atoms with Crippen molar-refractivity contribution in [1.82, 2.24) is 8.87 Å². The van der Waals surface area contributed by atoms with Gasteiger partial charge >= 0.3 is 5.76 Å². The summed E-state index contributed by atoms with van der Waals surface area (Å²) in [7, 11) is -0.567. The molecular weight excluding hydrogens is 394 g/mol. The van der Waals surface area contributed by atoms with Gasteiger partial charge in [0.25, 0.3) is 0 Å². The van der Waals surface area contributed by atoms with E-state index >= 15 is 0 Å². The van der Waals surface area contributed by atoms with Crippen molar-refractivity contribution in [2.24, 2.45) is 7.05 Å². The summed E-state index contributed by atoms with van der Waals surface area (Å²) in [4.78, 5) is 26.4. The van der Waals surface area contributed by atoms with Crippen LogP contribution in [0.1, 0.15) is 12.0 Å². The number of rotatable bonds is 2. The van der Waals surface area contributed by atoms with E-state index < -0.39 is 21.2 Å². The third-order valence-corrected chi connectivity index (χ3v) is 7.97. The minimum atomic E-state index is -3.85. The van der Waals surface area contributed by atoms with Gasteiger partial charge in [-0.15, -0.1) is 0 Å². The fraction of sp³-hybridized carbons (Fsp3) is 0.300. The molecule has 2 aliphatic rings. The summed E-state index contributed by atoms with van der Waals surface area (Å²) in [5.41, 5.74) is 1.57. The van der Waals surface area contributed by atoms with Crippen LogP contribution in [0.2, 0.25) is 0 Å². The number of hydrogen-bond acceptors (Lipinski definition) is 5. The van der Waals surface area contributed by atoms with Gasteiger partial charge in [0.2, 0.25) is 15.9 Å². The number of carbonyl (C=O) groups is 1. The molecule has 1 amide bonds. The fourth-order valence-electron chi connectivity index (χ4n) is 4.51. The molecule has 5 rings (SSSR count). The number of likely N-dealkylation sites (N-methyl/N-ethyl adjacent to an activating group) is 1. The fourth-order valence-corrected chi connectivity index (χ4v) is 6.03. The SMILES string of the molecule is CN1C(=O)C2(CCN(S(=O)(=O)c3ccc4c(c3)oc(=O)n4C)C2)c2ccccc21. The number of fused-ring (bicyclic) bond motifs is 3. The van der Waals surface area contributed by atoms with Gasteiger partial charge in [-0.2, -0.15) is 4.31 Å². The summed E-state index contributed by atoms with van der Waals surface area (Å²) < 4.78 is 34.4. The molecule has 0 N–H and O–H groups in total. The van der Waals surface area contributed by atoms with Crippen LogP contribution in [0.15, 0.2) is 56.6 Å². The molecule has 1 fully saturated rings. The van der Waals surface area contributed by atoms with Gasteiger partial charge in [-0.3, -0.25) is 9.36 Å². The smallest absolute Gasteiger partial charge is 0.408 e. The highest BCUT2D eigenvalue weighted by molar-refractivity contribution is 7.89. The van der Waals surface area contributed by atoms with Crippen LogP contribution in [0.25, 0.3) is 11.1 Å². The van der Waals surface area contributed by atoms with Crippen LogP contribution >= 0.6 is 0 Å². The Labute approximate surface area is 167 Å². The first-order chi connectivity index (χ1) is 13.8. The van der Waals surface area contributed by atoms with Crippen LogP contribution in [0.4, 0.5) is 5.69 Å². The van der Waals surface area contributed by atoms with E-state index in [0.717, 1.165) is 11.3 Å². The van der Waals surface area contributed by atoms with Gasteiger partial charge in [-0.1, -0.05) is 18.2 Å². The number of nitrogens with zero attached hydrogens (tertiary/aromatic N) is 3. The number of aryl methyl sites for hydroxylation is 1. The number of benzene rings is 2. The highest BCUT2D eigenvalue weighted by Crippen LogP contribution is 2.47. The van der Waals surface area contributed by atoms with Gasteiger partial charge in [0.1, 0.15) is 0 Å². The Kier molecular flexibility index (Phi) is 3.63. The number of amides is 1. The summed E-state index contributed by atoms with van der Waals surface area (Å²) in [6.45, 7) is 0.333. The Balaban J connectivity index is 1.55. The van der Waals surface area contributed by atoms with E-state index in [1.807, 2.05) is 24.3 Å². The second-order valence-electron chi connectivity index (χ2n) is 7.61. The molecule has 1 aromatic heterocycles. The zero-order chi connectivity index (χ0) is 20.6. The maximum atomic E-state index is 13.3. The topological polar surface area (TPSA) is 92.8 Å². The standard InChI is InChI=1S/C20H19N3O5S/c1-21-15-6-4-3-5-14(15)20(18(21)24)9-10-23(12-20)29(26,27)13-7-8-16-17(11-13)28-19(25)22(16)2/h3-8,11H,9-10,12H2,1-2H3. The molecule has 3 heterocycles. The molecule has 9 heteroatoms. The van der Waals surface area contributed by atoms with Crippen LogP contribution in [0.3, 0.4) is 0 Å². The predicted octanol–water partition coefficient (Wildman–Crippen LogP) is 1.44. The highest BCUT2D eigenvalue weighted by atomic mass is 32.2. The lowest BCUT2D eigenvalue weighted by molar-refractivity contribution is -0.122. The zero-order valence-electron chi connectivity index (χ0n) is 16.0. The zero-order valence-corrected chi connectivity index (χ0v) is 16.8. The Morgan fingerprint density at radius 1 is 1.07 bits per heavy atom. The van der Waals surface area contributed by atoms with Gasteiger partial charge in [0.05, 0.1) is 15.8 Å². The Bertz CT molecular complexity index is 1340. The molecule has 3 aromatic rings. The van der Waals surface area contributed by atoms with Crippen molar-refractivity contribution in [1.29, 1.82) is 0 Å². The van der Waals surface area contributed by atoms with E-state index in [0.29, 0.717) is 11.9 Å². The van der Waals surface area contributed by atoms with E-state index in [1.165, 1.54) is 21.0 Å². The van der Waals surface area contributed by atoms with Gasteiger partial charge in [0, 0.05) is 38.9 Å². The second-order valence-corrected chi connectivity index (χ2v) is 9.55. The number of sulfonamides is 1. The van der Waals surface area contributed by atoms with Crippen LogP contribution in [-0.2, 0) is 27.3 Å². The predicted molar refractivity (Wildman–Crippen MR) is 106 cm³/mol. The average Bonchev–Trinajstić information content (AvgIpc) is 3.35. The lowest BCUT2D eigenvalue weighted by Gasteiger charge is -2.23. The Morgan fingerprint density at radius 2 is 1.83 bits per heavy atom. The quantitative estimate of drug-likeness (QED) is 0.634. The van der Waals surface area contributed by atoms with Crippen LogP contribution in [0.5, 0.6) is 0 Å². The monoisotopic (exact) mass is 413 g/mol. The van der Waals surface area contributed by atoms with Crippen molar-refractivity contribution < 1.29 is 17.6 Å². The number of hydrogen-bond donors (Lipinski definition) is 0. The Hall–Kier alpha value is -2.91. The molecule has 0 saturated carbocycles. The summed E-state index contributed by atoms with van der Waals surface area (Å²) in [5.74, 6) is -0.633. The maximum Gasteiger partial charge on any atom is 0.419 e. The number of carbonyl (C=O) groups excluding carboxylic acids is 1. The van der Waals surface area contributed by atoms with Gasteiger partial charge in [0.15, 0.2) is 5.58 Å². The minimum Gasteiger partial charge on any atom is -0.408 e. The van der Waals surface area contributed by atoms with Crippen molar-refractivity contribution in [2.75, 3.05) is 25.0 Å². The van der Waals surface area contributed by atoms with Crippen LogP contribution in [0, 0.1) is 0 Å². The molecule has 1 saturated heterocycles. The molecule has 29 heavy (non-hydrogen) atoms. The van der Waals surface area contributed by atoms with Crippen LogP contribution in [-0.4, -0.2) is 43.3 Å². The molecule has 0 radical (unpaired) electrons. The first-order valence-corrected chi connectivity index (χ1v) is 10.7. The summed E-state index contributed by atoms with van der Waals surface area (Å²) in [6, 6.07) is 11.9. The molecular formula is C20H19N3O5S. The van der Waals surface area contributed by atoms with E-state index in [4.69, 9.17) is 4.42 Å². The summed E-state index contributed by atoms with van der Waals surface area (Å²) in [5, 5.41) is 0. The molecule has 150 valence electrons. The summed E-state index contributed by atoms with van der Waals surface area (Å²) in [6.07, 6.45) is 0.426. The van der Waals surface area contributed by atoms with E-state index in [2.05, 4.69) is 0 Å². The lowest BCUT2D eigenvalue weighted by atomic mass is 9.81. The van der Waals surface area contributed by atoms with Crippen molar-refractivity contribution in [3.05, 3.63) is 58.6 Å². The average molecular weight is 413 g/mol. The van der Waals surface area contributed by atoms with Crippen molar-refractivity contribution >= 4 is 32.7 Å². The van der Waals surface area contributed by atoms with Gasteiger partial charge < -0.3 is 9.32 Å². The van der Waals surface area contributed by atoms with Crippen molar-refractivity contribution in [2.45, 2.75) is 16.7 Å². The third kappa shape index (κ3) is 2.31. The van der Waals surface area contributed by atoms with Crippen molar-refractivity contribution in [3.63, 3.8) is 0 Å². The van der Waals surface area contributed by atoms with Gasteiger partial charge in [-0.05, 0) is 30.2 Å². The molecule has 2 aromatic carbocycles. The number of aromatic nitrogens is 1. The molecule has 0 bridgehead atoms. The normalized spacial score (nSPS) is 22.1. The van der Waals surface area contributed by atoms with E-state index in [-0.39, 0.29) is 29.5 Å². The molecule has 2 aliphatic heterocycles. The number of anilines is 1. The Morgan fingerprint density at radius 3 is 2.62 bits per heavy atom. The molecule has 8 nitrogen and oxygen atoms in total. The molecule has 0 aliphatic carbocycles. The number of oxazole rings is 1. The maximum absolute atomic E-state index is 13.3. The third-order valence-electron chi connectivity index (χ3n) is 6.13. The van der Waals surface area contributed by atoms with Crippen molar-refractivity contribution in [3.8, 4) is 0 Å². The van der Waals surface area contributed by atoms with E-state index in [9.17, 15) is 18.0 Å².